The van der Waals surface area contributed by atoms with Gasteiger partial charge in [0.2, 0.25) is 5.88 Å². The smallest absolute Gasteiger partial charge is 0.235 e. The minimum Gasteiger partial charge on any atom is -0.474 e. The van der Waals surface area contributed by atoms with Gasteiger partial charge < -0.3 is 10.5 Å². The number of nitrogens with two attached hydrogens (primary N) is 1. The number of fused-ring (bicyclic) bond motifs is 1. The molecule has 0 radical (unpaired) electrons. The van der Waals surface area contributed by atoms with E-state index in [9.17, 15) is 0 Å². The van der Waals surface area contributed by atoms with Gasteiger partial charge in [-0.05, 0) is 0 Å². The van der Waals surface area contributed by atoms with E-state index in [0.29, 0.717) is 12.3 Å². The van der Waals surface area contributed by atoms with Crippen LogP contribution in [0.1, 0.15) is 0 Å². The number of ether oxygens (including phenoxy) is 1. The highest BCUT2D eigenvalue weighted by molar-refractivity contribution is 5.85. The minimum atomic E-state index is 0. The number of hydrogen-bond acceptors (Lipinski definition) is 3. The van der Waals surface area contributed by atoms with Crippen LogP contribution in [0.25, 0.3) is 0 Å². The second-order valence-corrected chi connectivity index (χ2v) is 1.98. The van der Waals surface area contributed by atoms with Crippen molar-refractivity contribution in [3.05, 3.63) is 6.20 Å². The maximum absolute atomic E-state index is 5.48. The SMILES string of the molecule is Cl.Nc1cnn2c1OCC2. The lowest BCUT2D eigenvalue weighted by Crippen LogP contribution is -1.93. The minimum absolute atomic E-state index is 0. The molecule has 0 saturated carbocycles. The second-order valence-electron chi connectivity index (χ2n) is 1.98. The van der Waals surface area contributed by atoms with E-state index >= 15 is 0 Å². The molecule has 0 amide bonds. The van der Waals surface area contributed by atoms with Gasteiger partial charge in [-0.3, -0.25) is 0 Å². The fourth-order valence-corrected chi connectivity index (χ4v) is 0.934. The summed E-state index contributed by atoms with van der Waals surface area (Å²) < 4.78 is 6.90. The van der Waals surface area contributed by atoms with Gasteiger partial charge in [-0.15, -0.1) is 12.4 Å². The summed E-state index contributed by atoms with van der Waals surface area (Å²) >= 11 is 0. The third kappa shape index (κ3) is 0.806. The van der Waals surface area contributed by atoms with Crippen molar-refractivity contribution in [2.45, 2.75) is 6.54 Å². The third-order valence-electron chi connectivity index (χ3n) is 1.36. The predicted octanol–water partition coefficient (Wildman–Crippen LogP) is 0.279. The van der Waals surface area contributed by atoms with Crippen LogP contribution >= 0.6 is 12.4 Å². The molecule has 1 aromatic rings. The first-order valence-corrected chi connectivity index (χ1v) is 2.82. The van der Waals surface area contributed by atoms with Gasteiger partial charge in [0.15, 0.2) is 0 Å². The first-order chi connectivity index (χ1) is 4.38. The molecule has 0 fully saturated rings. The van der Waals surface area contributed by atoms with Crippen LogP contribution in [-0.2, 0) is 6.54 Å². The lowest BCUT2D eigenvalue weighted by molar-refractivity contribution is 0.358. The van der Waals surface area contributed by atoms with E-state index in [1.165, 1.54) is 0 Å². The Morgan fingerprint density at radius 2 is 2.50 bits per heavy atom. The van der Waals surface area contributed by atoms with Gasteiger partial charge in [0.05, 0.1) is 12.7 Å². The molecule has 0 unspecified atom stereocenters. The van der Waals surface area contributed by atoms with E-state index in [2.05, 4.69) is 5.10 Å². The Morgan fingerprint density at radius 3 is 3.20 bits per heavy atom. The molecule has 56 valence electrons. The van der Waals surface area contributed by atoms with Crippen LogP contribution in [0.2, 0.25) is 0 Å². The second kappa shape index (κ2) is 2.38. The maximum atomic E-state index is 5.48. The molecule has 1 aromatic heterocycles. The van der Waals surface area contributed by atoms with Crippen molar-refractivity contribution in [2.24, 2.45) is 0 Å². The lowest BCUT2D eigenvalue weighted by atomic mass is 10.6. The van der Waals surface area contributed by atoms with Crippen LogP contribution in [0, 0.1) is 0 Å². The number of hydrogen-bond donors (Lipinski definition) is 1. The molecule has 0 bridgehead atoms. The largest absolute Gasteiger partial charge is 0.474 e. The lowest BCUT2D eigenvalue weighted by Gasteiger charge is -1.90. The van der Waals surface area contributed by atoms with Gasteiger partial charge in [-0.25, -0.2) is 4.68 Å². The predicted molar refractivity (Wildman–Crippen MR) is 39.4 cm³/mol. The molecule has 2 N–H and O–H groups in total. The summed E-state index contributed by atoms with van der Waals surface area (Å²) in [6, 6.07) is 0. The topological polar surface area (TPSA) is 53.1 Å². The van der Waals surface area contributed by atoms with E-state index in [1.54, 1.807) is 10.9 Å². The number of nitrogens with zero attached hydrogens (tertiary/aromatic N) is 2. The highest BCUT2D eigenvalue weighted by atomic mass is 35.5. The van der Waals surface area contributed by atoms with Crippen LogP contribution in [0.3, 0.4) is 0 Å². The Morgan fingerprint density at radius 1 is 1.70 bits per heavy atom. The van der Waals surface area contributed by atoms with E-state index < -0.39 is 0 Å². The average Bonchev–Trinajstić information content (AvgIpc) is 2.35. The quantitative estimate of drug-likeness (QED) is 0.595. The number of anilines is 1. The summed E-state index contributed by atoms with van der Waals surface area (Å²) in [5, 5.41) is 3.96. The molecular weight excluding hydrogens is 154 g/mol. The fraction of sp³-hybridized carbons (Fsp3) is 0.400. The molecule has 0 aromatic carbocycles. The van der Waals surface area contributed by atoms with E-state index in [4.69, 9.17) is 10.5 Å². The first-order valence-electron chi connectivity index (χ1n) is 2.82. The molecule has 4 nitrogen and oxygen atoms in total. The van der Waals surface area contributed by atoms with Gasteiger partial charge in [0.1, 0.15) is 12.3 Å². The fourth-order valence-electron chi connectivity index (χ4n) is 0.934. The molecule has 2 rings (SSSR count). The normalized spacial score (nSPS) is 13.6. The Kier molecular flexibility index (Phi) is 1.72. The standard InChI is InChI=1S/C5H7N3O.ClH/c6-4-3-7-8-1-2-9-5(4)8;/h3H,1-2,6H2;1H. The Labute approximate surface area is 64.4 Å². The molecule has 0 spiro atoms. The summed E-state index contributed by atoms with van der Waals surface area (Å²) in [5.74, 6) is 0.718. The first kappa shape index (κ1) is 7.21. The van der Waals surface area contributed by atoms with Crippen molar-refractivity contribution in [2.75, 3.05) is 12.3 Å². The van der Waals surface area contributed by atoms with Gasteiger partial charge in [-0.1, -0.05) is 0 Å². The number of nitrogen functional groups attached to an aromatic ring is 1. The Bertz CT molecular complexity index is 235. The molecule has 1 aliphatic rings. The zero-order valence-corrected chi connectivity index (χ0v) is 6.10. The molecule has 0 atom stereocenters. The van der Waals surface area contributed by atoms with Crippen LogP contribution in [-0.4, -0.2) is 16.4 Å². The zero-order valence-electron chi connectivity index (χ0n) is 5.28. The Balaban J connectivity index is 0.000000500. The molecule has 0 aliphatic carbocycles. The van der Waals surface area contributed by atoms with Gasteiger partial charge >= 0.3 is 0 Å². The molecule has 5 heteroatoms. The molecule has 2 heterocycles. The molecule has 10 heavy (non-hydrogen) atoms. The summed E-state index contributed by atoms with van der Waals surface area (Å²) in [5.41, 5.74) is 6.12. The van der Waals surface area contributed by atoms with E-state index in [-0.39, 0.29) is 12.4 Å². The van der Waals surface area contributed by atoms with Gasteiger partial charge in [0, 0.05) is 0 Å². The van der Waals surface area contributed by atoms with E-state index in [0.717, 1.165) is 12.4 Å². The van der Waals surface area contributed by atoms with Crippen molar-refractivity contribution in [3.63, 3.8) is 0 Å². The van der Waals surface area contributed by atoms with Crippen molar-refractivity contribution in [3.8, 4) is 5.88 Å². The molecule has 1 aliphatic heterocycles. The highest BCUT2D eigenvalue weighted by Gasteiger charge is 2.14. The van der Waals surface area contributed by atoms with Crippen molar-refractivity contribution >= 4 is 18.1 Å². The number of halogens is 1. The third-order valence-corrected chi connectivity index (χ3v) is 1.36. The molecule has 0 saturated heterocycles. The van der Waals surface area contributed by atoms with Crippen molar-refractivity contribution in [1.82, 2.24) is 9.78 Å². The van der Waals surface area contributed by atoms with E-state index in [1.807, 2.05) is 0 Å². The van der Waals surface area contributed by atoms with Crippen LogP contribution < -0.4 is 10.5 Å². The number of rotatable bonds is 0. The highest BCUT2D eigenvalue weighted by Crippen LogP contribution is 2.23. The zero-order chi connectivity index (χ0) is 6.27. The van der Waals surface area contributed by atoms with Crippen LogP contribution in [0.5, 0.6) is 5.88 Å². The summed E-state index contributed by atoms with van der Waals surface area (Å²) in [4.78, 5) is 0. The van der Waals surface area contributed by atoms with Crippen LogP contribution in [0.4, 0.5) is 5.69 Å². The average molecular weight is 162 g/mol. The Hall–Kier alpha value is -0.900. The van der Waals surface area contributed by atoms with Gasteiger partial charge in [-0.2, -0.15) is 5.10 Å². The monoisotopic (exact) mass is 161 g/mol. The van der Waals surface area contributed by atoms with Crippen LogP contribution in [0.15, 0.2) is 6.20 Å². The van der Waals surface area contributed by atoms with Crippen molar-refractivity contribution < 1.29 is 4.74 Å². The number of aromatic nitrogens is 2. The summed E-state index contributed by atoms with van der Waals surface area (Å²) in [7, 11) is 0. The summed E-state index contributed by atoms with van der Waals surface area (Å²) in [6.45, 7) is 1.53. The molecular formula is C5H8ClN3O. The van der Waals surface area contributed by atoms with Gasteiger partial charge in [0.25, 0.3) is 0 Å². The van der Waals surface area contributed by atoms with Crippen molar-refractivity contribution in [1.29, 1.82) is 0 Å². The summed E-state index contributed by atoms with van der Waals surface area (Å²) in [6.07, 6.45) is 1.61. The maximum Gasteiger partial charge on any atom is 0.235 e.